The van der Waals surface area contributed by atoms with Crippen LogP contribution in [0.15, 0.2) is 58.2 Å². The summed E-state index contributed by atoms with van der Waals surface area (Å²) in [6.45, 7) is 1.64. The maximum absolute atomic E-state index is 13.2. The van der Waals surface area contributed by atoms with Gasteiger partial charge in [0.15, 0.2) is 17.4 Å². The average Bonchev–Trinajstić information content (AvgIpc) is 3.06. The molecule has 0 fully saturated rings. The summed E-state index contributed by atoms with van der Waals surface area (Å²) in [5.41, 5.74) is 0.869. The van der Waals surface area contributed by atoms with Crippen LogP contribution < -0.4 is 0 Å². The first-order valence-electron chi connectivity index (χ1n) is 7.09. The van der Waals surface area contributed by atoms with Crippen LogP contribution in [0.4, 0.5) is 8.78 Å². The third-order valence-corrected chi connectivity index (χ3v) is 4.21. The van der Waals surface area contributed by atoms with Crippen LogP contribution in [-0.4, -0.2) is 21.2 Å². The van der Waals surface area contributed by atoms with Crippen molar-refractivity contribution in [1.29, 1.82) is 0 Å². The zero-order valence-corrected chi connectivity index (χ0v) is 13.4. The molecule has 0 spiro atoms. The molecular weight excluding hydrogens is 334 g/mol. The summed E-state index contributed by atoms with van der Waals surface area (Å²) in [5, 5.41) is 7.49. The molecule has 0 aliphatic carbocycles. The van der Waals surface area contributed by atoms with E-state index in [-0.39, 0.29) is 16.6 Å². The topological polar surface area (TPSA) is 56.0 Å². The second-order valence-electron chi connectivity index (χ2n) is 4.99. The lowest BCUT2D eigenvalue weighted by Crippen LogP contribution is -2.14. The van der Waals surface area contributed by atoms with Crippen molar-refractivity contribution in [2.45, 2.75) is 17.4 Å². The van der Waals surface area contributed by atoms with Gasteiger partial charge < -0.3 is 4.42 Å². The molecule has 0 unspecified atom stereocenters. The van der Waals surface area contributed by atoms with Gasteiger partial charge in [-0.2, -0.15) is 0 Å². The molecule has 0 aliphatic heterocycles. The third kappa shape index (κ3) is 3.51. The highest BCUT2D eigenvalue weighted by molar-refractivity contribution is 8.00. The predicted molar refractivity (Wildman–Crippen MR) is 85.7 cm³/mol. The number of hydrogen-bond acceptors (Lipinski definition) is 5. The number of benzene rings is 2. The van der Waals surface area contributed by atoms with Crippen LogP contribution in [0.25, 0.3) is 11.5 Å². The first kappa shape index (κ1) is 16.3. The SMILES string of the molecule is C[C@H](Sc1nnc(-c2ccccc2)o1)C(=O)c1ccc(F)c(F)c1. The molecule has 3 aromatic rings. The van der Waals surface area contributed by atoms with Gasteiger partial charge in [0.05, 0.1) is 5.25 Å². The lowest BCUT2D eigenvalue weighted by molar-refractivity contribution is 0.0993. The highest BCUT2D eigenvalue weighted by Crippen LogP contribution is 2.27. The number of rotatable bonds is 5. The predicted octanol–water partition coefficient (Wildman–Crippen LogP) is 4.38. The summed E-state index contributed by atoms with van der Waals surface area (Å²) in [6, 6.07) is 12.3. The van der Waals surface area contributed by atoms with E-state index in [2.05, 4.69) is 10.2 Å². The van der Waals surface area contributed by atoms with Crippen LogP contribution in [-0.2, 0) is 0 Å². The second-order valence-corrected chi connectivity index (χ2v) is 6.28. The van der Waals surface area contributed by atoms with Crippen molar-refractivity contribution in [3.8, 4) is 11.5 Å². The molecule has 0 aliphatic rings. The minimum Gasteiger partial charge on any atom is -0.411 e. The van der Waals surface area contributed by atoms with E-state index in [1.807, 2.05) is 30.3 Å². The van der Waals surface area contributed by atoms with Gasteiger partial charge in [-0.3, -0.25) is 4.79 Å². The Hall–Kier alpha value is -2.54. The molecule has 1 heterocycles. The van der Waals surface area contributed by atoms with Gasteiger partial charge in [0.1, 0.15) is 0 Å². The normalized spacial score (nSPS) is 12.1. The number of nitrogens with zero attached hydrogens (tertiary/aromatic N) is 2. The van der Waals surface area contributed by atoms with Gasteiger partial charge >= 0.3 is 0 Å². The van der Waals surface area contributed by atoms with Crippen molar-refractivity contribution >= 4 is 17.5 Å². The fourth-order valence-corrected chi connectivity index (χ4v) is 2.80. The van der Waals surface area contributed by atoms with Crippen LogP contribution in [0.1, 0.15) is 17.3 Å². The number of halogens is 2. The van der Waals surface area contributed by atoms with E-state index in [1.165, 1.54) is 6.07 Å². The molecule has 0 N–H and O–H groups in total. The van der Waals surface area contributed by atoms with Gasteiger partial charge in [-0.15, -0.1) is 10.2 Å². The van der Waals surface area contributed by atoms with Gasteiger partial charge in [0.25, 0.3) is 5.22 Å². The smallest absolute Gasteiger partial charge is 0.277 e. The zero-order valence-electron chi connectivity index (χ0n) is 12.6. The number of Topliss-reactive ketones (excluding diaryl/α,β-unsaturated/α-hetero) is 1. The van der Waals surface area contributed by atoms with Crippen molar-refractivity contribution < 1.29 is 18.0 Å². The number of ketones is 1. The maximum atomic E-state index is 13.2. The van der Waals surface area contributed by atoms with Crippen molar-refractivity contribution in [2.75, 3.05) is 0 Å². The van der Waals surface area contributed by atoms with E-state index < -0.39 is 16.9 Å². The van der Waals surface area contributed by atoms with Gasteiger partial charge in [-0.1, -0.05) is 30.0 Å². The van der Waals surface area contributed by atoms with E-state index in [0.29, 0.717) is 5.89 Å². The van der Waals surface area contributed by atoms with Gasteiger partial charge in [-0.05, 0) is 37.3 Å². The van der Waals surface area contributed by atoms with Crippen LogP contribution in [0.3, 0.4) is 0 Å². The molecule has 122 valence electrons. The molecule has 1 atom stereocenters. The zero-order chi connectivity index (χ0) is 17.1. The number of carbonyl (C=O) groups is 1. The van der Waals surface area contributed by atoms with E-state index >= 15 is 0 Å². The quantitative estimate of drug-likeness (QED) is 0.507. The van der Waals surface area contributed by atoms with E-state index in [1.54, 1.807) is 6.92 Å². The molecule has 24 heavy (non-hydrogen) atoms. The molecule has 1 aromatic heterocycles. The van der Waals surface area contributed by atoms with Gasteiger partial charge in [-0.25, -0.2) is 8.78 Å². The Morgan fingerprint density at radius 2 is 1.83 bits per heavy atom. The third-order valence-electron chi connectivity index (χ3n) is 3.28. The molecule has 2 aromatic carbocycles. The summed E-state index contributed by atoms with van der Waals surface area (Å²) in [6.07, 6.45) is 0. The van der Waals surface area contributed by atoms with E-state index in [4.69, 9.17) is 4.42 Å². The molecule has 3 rings (SSSR count). The summed E-state index contributed by atoms with van der Waals surface area (Å²) in [5.74, 6) is -2.04. The standard InChI is InChI=1S/C17H12F2N2O2S/c1-10(15(22)12-7-8-13(18)14(19)9-12)24-17-21-20-16(23-17)11-5-3-2-4-6-11/h2-10H,1H3/t10-/m0/s1. The fraction of sp³-hybridized carbons (Fsp3) is 0.118. The highest BCUT2D eigenvalue weighted by Gasteiger charge is 2.21. The van der Waals surface area contributed by atoms with Crippen LogP contribution >= 0.6 is 11.8 Å². The Labute approximate surface area is 140 Å². The van der Waals surface area contributed by atoms with Crippen molar-refractivity contribution in [3.05, 3.63) is 65.7 Å². The molecule has 7 heteroatoms. The Bertz CT molecular complexity index is 868. The Morgan fingerprint density at radius 3 is 2.54 bits per heavy atom. The van der Waals surface area contributed by atoms with Crippen LogP contribution in [0, 0.1) is 11.6 Å². The largest absolute Gasteiger partial charge is 0.411 e. The summed E-state index contributed by atoms with van der Waals surface area (Å²) < 4.78 is 31.7. The monoisotopic (exact) mass is 346 g/mol. The fourth-order valence-electron chi connectivity index (χ4n) is 2.04. The lowest BCUT2D eigenvalue weighted by Gasteiger charge is -2.07. The molecule has 0 bridgehead atoms. The van der Waals surface area contributed by atoms with Crippen LogP contribution in [0.5, 0.6) is 0 Å². The molecular formula is C17H12F2N2O2S. The van der Waals surface area contributed by atoms with Crippen LogP contribution in [0.2, 0.25) is 0 Å². The minimum absolute atomic E-state index is 0.0942. The number of thioether (sulfide) groups is 1. The van der Waals surface area contributed by atoms with Gasteiger partial charge in [0, 0.05) is 11.1 Å². The summed E-state index contributed by atoms with van der Waals surface area (Å²) in [4.78, 5) is 12.3. The number of hydrogen-bond donors (Lipinski definition) is 0. The molecule has 0 saturated heterocycles. The summed E-state index contributed by atoms with van der Waals surface area (Å²) >= 11 is 1.07. The van der Waals surface area contributed by atoms with E-state index in [0.717, 1.165) is 29.5 Å². The Balaban J connectivity index is 1.72. The van der Waals surface area contributed by atoms with Crippen molar-refractivity contribution in [2.24, 2.45) is 0 Å². The number of carbonyl (C=O) groups excluding carboxylic acids is 1. The first-order valence-corrected chi connectivity index (χ1v) is 7.97. The molecule has 0 saturated carbocycles. The lowest BCUT2D eigenvalue weighted by atomic mass is 10.1. The van der Waals surface area contributed by atoms with Crippen molar-refractivity contribution in [3.63, 3.8) is 0 Å². The maximum Gasteiger partial charge on any atom is 0.277 e. The van der Waals surface area contributed by atoms with Gasteiger partial charge in [0.2, 0.25) is 5.89 Å². The second kappa shape index (κ2) is 6.92. The summed E-state index contributed by atoms with van der Waals surface area (Å²) in [7, 11) is 0. The average molecular weight is 346 g/mol. The molecule has 0 amide bonds. The minimum atomic E-state index is -1.05. The molecule has 4 nitrogen and oxygen atoms in total. The number of aromatic nitrogens is 2. The Morgan fingerprint density at radius 1 is 1.08 bits per heavy atom. The van der Waals surface area contributed by atoms with Crippen molar-refractivity contribution in [1.82, 2.24) is 10.2 Å². The first-order chi connectivity index (χ1) is 11.5. The highest BCUT2D eigenvalue weighted by atomic mass is 32.2. The Kier molecular flexibility index (Phi) is 4.71. The molecule has 0 radical (unpaired) electrons. The van der Waals surface area contributed by atoms with E-state index in [9.17, 15) is 13.6 Å².